The SMILES string of the molecule is CN(C)c1ccc(NCC2CCCCN2C)cn1. The number of nitrogens with one attached hydrogen (secondary N) is 1. The highest BCUT2D eigenvalue weighted by Gasteiger charge is 2.18. The van der Waals surface area contributed by atoms with Gasteiger partial charge in [0.1, 0.15) is 5.82 Å². The van der Waals surface area contributed by atoms with Gasteiger partial charge in [-0.25, -0.2) is 4.98 Å². The van der Waals surface area contributed by atoms with Crippen LogP contribution in [0.1, 0.15) is 19.3 Å². The average molecular weight is 248 g/mol. The zero-order chi connectivity index (χ0) is 13.0. The Morgan fingerprint density at radius 2 is 2.22 bits per heavy atom. The van der Waals surface area contributed by atoms with Crippen LogP contribution in [0.5, 0.6) is 0 Å². The van der Waals surface area contributed by atoms with Gasteiger partial charge in [0.15, 0.2) is 0 Å². The summed E-state index contributed by atoms with van der Waals surface area (Å²) in [6, 6.07) is 4.81. The van der Waals surface area contributed by atoms with Crippen molar-refractivity contribution < 1.29 is 0 Å². The van der Waals surface area contributed by atoms with Crippen molar-refractivity contribution in [1.29, 1.82) is 0 Å². The molecule has 1 aliphatic rings. The molecular weight excluding hydrogens is 224 g/mol. The topological polar surface area (TPSA) is 31.4 Å². The number of aromatic nitrogens is 1. The Morgan fingerprint density at radius 1 is 1.39 bits per heavy atom. The van der Waals surface area contributed by atoms with Gasteiger partial charge in [0, 0.05) is 26.7 Å². The minimum Gasteiger partial charge on any atom is -0.382 e. The monoisotopic (exact) mass is 248 g/mol. The summed E-state index contributed by atoms with van der Waals surface area (Å²) in [6.45, 7) is 2.24. The molecule has 0 saturated carbocycles. The molecule has 0 aliphatic carbocycles. The van der Waals surface area contributed by atoms with Gasteiger partial charge in [0.25, 0.3) is 0 Å². The first-order chi connectivity index (χ1) is 8.66. The van der Waals surface area contributed by atoms with Gasteiger partial charge in [-0.05, 0) is 38.6 Å². The standard InChI is InChI=1S/C14H24N4/c1-17(2)14-8-7-12(10-16-14)15-11-13-6-4-5-9-18(13)3/h7-8,10,13,15H,4-6,9,11H2,1-3H3. The molecule has 1 aliphatic heterocycles. The van der Waals surface area contributed by atoms with Gasteiger partial charge in [-0.2, -0.15) is 0 Å². The largest absolute Gasteiger partial charge is 0.382 e. The molecule has 1 saturated heterocycles. The zero-order valence-corrected chi connectivity index (χ0v) is 11.7. The molecule has 1 atom stereocenters. The van der Waals surface area contributed by atoms with Crippen molar-refractivity contribution in [1.82, 2.24) is 9.88 Å². The van der Waals surface area contributed by atoms with Gasteiger partial charge in [-0.15, -0.1) is 0 Å². The van der Waals surface area contributed by atoms with Gasteiger partial charge in [0.05, 0.1) is 11.9 Å². The lowest BCUT2D eigenvalue weighted by molar-refractivity contribution is 0.194. The second-order valence-corrected chi connectivity index (χ2v) is 5.31. The van der Waals surface area contributed by atoms with Crippen LogP contribution in [-0.2, 0) is 0 Å². The summed E-state index contributed by atoms with van der Waals surface area (Å²) >= 11 is 0. The van der Waals surface area contributed by atoms with E-state index in [1.807, 2.05) is 31.3 Å². The molecule has 18 heavy (non-hydrogen) atoms. The van der Waals surface area contributed by atoms with Crippen LogP contribution in [0, 0.1) is 0 Å². The smallest absolute Gasteiger partial charge is 0.128 e. The Bertz CT molecular complexity index is 361. The van der Waals surface area contributed by atoms with E-state index in [0.717, 1.165) is 18.1 Å². The molecule has 0 spiro atoms. The van der Waals surface area contributed by atoms with Gasteiger partial charge >= 0.3 is 0 Å². The van der Waals surface area contributed by atoms with Gasteiger partial charge in [-0.3, -0.25) is 0 Å². The number of hydrogen-bond acceptors (Lipinski definition) is 4. The maximum atomic E-state index is 4.41. The summed E-state index contributed by atoms with van der Waals surface area (Å²) in [4.78, 5) is 8.88. The maximum Gasteiger partial charge on any atom is 0.128 e. The maximum absolute atomic E-state index is 4.41. The molecule has 4 nitrogen and oxygen atoms in total. The summed E-state index contributed by atoms with van der Waals surface area (Å²) < 4.78 is 0. The van der Waals surface area contributed by atoms with Crippen molar-refractivity contribution in [2.24, 2.45) is 0 Å². The Labute approximate surface area is 110 Å². The number of likely N-dealkylation sites (N-methyl/N-ethyl adjacent to an activating group) is 1. The van der Waals surface area contributed by atoms with Gasteiger partial charge in [-0.1, -0.05) is 6.42 Å². The molecule has 0 amide bonds. The number of likely N-dealkylation sites (tertiary alicyclic amines) is 1. The molecule has 1 N–H and O–H groups in total. The van der Waals surface area contributed by atoms with Gasteiger partial charge < -0.3 is 15.1 Å². The lowest BCUT2D eigenvalue weighted by Gasteiger charge is -2.32. The van der Waals surface area contributed by atoms with Crippen LogP contribution in [0.15, 0.2) is 18.3 Å². The first-order valence-corrected chi connectivity index (χ1v) is 6.74. The van der Waals surface area contributed by atoms with Crippen molar-refractivity contribution in [3.63, 3.8) is 0 Å². The summed E-state index contributed by atoms with van der Waals surface area (Å²) in [7, 11) is 6.23. The Kier molecular flexibility index (Phi) is 4.42. The van der Waals surface area contributed by atoms with E-state index < -0.39 is 0 Å². The minimum atomic E-state index is 0.660. The van der Waals surface area contributed by atoms with E-state index >= 15 is 0 Å². The third-order valence-electron chi connectivity index (χ3n) is 3.67. The van der Waals surface area contributed by atoms with Crippen LogP contribution in [0.2, 0.25) is 0 Å². The molecule has 0 radical (unpaired) electrons. The van der Waals surface area contributed by atoms with E-state index in [9.17, 15) is 0 Å². The number of pyridine rings is 1. The van der Waals surface area contributed by atoms with Crippen LogP contribution in [-0.4, -0.2) is 50.2 Å². The number of rotatable bonds is 4. The summed E-state index contributed by atoms with van der Waals surface area (Å²) in [5, 5.41) is 3.49. The summed E-state index contributed by atoms with van der Waals surface area (Å²) in [6.07, 6.45) is 5.91. The molecule has 100 valence electrons. The summed E-state index contributed by atoms with van der Waals surface area (Å²) in [5.41, 5.74) is 1.11. The molecular formula is C14H24N4. The second-order valence-electron chi connectivity index (χ2n) is 5.31. The first kappa shape index (κ1) is 13.1. The molecule has 1 fully saturated rings. The number of piperidine rings is 1. The van der Waals surface area contributed by atoms with Crippen LogP contribution in [0.25, 0.3) is 0 Å². The number of anilines is 2. The van der Waals surface area contributed by atoms with Crippen molar-refractivity contribution in [3.8, 4) is 0 Å². The fourth-order valence-electron chi connectivity index (χ4n) is 2.39. The predicted molar refractivity (Wildman–Crippen MR) is 77.3 cm³/mol. The quantitative estimate of drug-likeness (QED) is 0.883. The fourth-order valence-corrected chi connectivity index (χ4v) is 2.39. The lowest BCUT2D eigenvalue weighted by Crippen LogP contribution is -2.40. The van der Waals surface area contributed by atoms with E-state index in [2.05, 4.69) is 28.3 Å². The number of hydrogen-bond donors (Lipinski definition) is 1. The molecule has 0 bridgehead atoms. The molecule has 2 heterocycles. The van der Waals surface area contributed by atoms with E-state index in [1.54, 1.807) is 0 Å². The third-order valence-corrected chi connectivity index (χ3v) is 3.67. The van der Waals surface area contributed by atoms with Crippen molar-refractivity contribution in [3.05, 3.63) is 18.3 Å². The highest BCUT2D eigenvalue weighted by atomic mass is 15.2. The van der Waals surface area contributed by atoms with E-state index in [1.165, 1.54) is 25.8 Å². The lowest BCUT2D eigenvalue weighted by atomic mass is 10.0. The average Bonchev–Trinajstić information content (AvgIpc) is 2.38. The molecule has 1 aromatic heterocycles. The molecule has 1 aromatic rings. The van der Waals surface area contributed by atoms with Gasteiger partial charge in [0.2, 0.25) is 0 Å². The molecule has 0 aromatic carbocycles. The fraction of sp³-hybridized carbons (Fsp3) is 0.643. The normalized spacial score (nSPS) is 20.7. The second kappa shape index (κ2) is 6.05. The minimum absolute atomic E-state index is 0.660. The van der Waals surface area contributed by atoms with Crippen LogP contribution < -0.4 is 10.2 Å². The molecule has 4 heteroatoms. The Morgan fingerprint density at radius 3 is 2.83 bits per heavy atom. The number of nitrogens with zero attached hydrogens (tertiary/aromatic N) is 3. The highest BCUT2D eigenvalue weighted by molar-refractivity contribution is 5.47. The van der Waals surface area contributed by atoms with E-state index in [0.29, 0.717) is 6.04 Å². The molecule has 1 unspecified atom stereocenters. The Hall–Kier alpha value is -1.29. The first-order valence-electron chi connectivity index (χ1n) is 6.74. The van der Waals surface area contributed by atoms with E-state index in [-0.39, 0.29) is 0 Å². The highest BCUT2D eigenvalue weighted by Crippen LogP contribution is 2.16. The van der Waals surface area contributed by atoms with E-state index in [4.69, 9.17) is 0 Å². The van der Waals surface area contributed by atoms with Crippen molar-refractivity contribution in [2.75, 3.05) is 44.4 Å². The zero-order valence-electron chi connectivity index (χ0n) is 11.7. The third kappa shape index (κ3) is 3.35. The summed E-state index contributed by atoms with van der Waals surface area (Å²) in [5.74, 6) is 0.996. The Balaban J connectivity index is 1.85. The predicted octanol–water partition coefficient (Wildman–Crippen LogP) is 2.04. The van der Waals surface area contributed by atoms with Crippen molar-refractivity contribution >= 4 is 11.5 Å². The van der Waals surface area contributed by atoms with Crippen LogP contribution in [0.3, 0.4) is 0 Å². The van der Waals surface area contributed by atoms with Crippen molar-refractivity contribution in [2.45, 2.75) is 25.3 Å². The molecule has 2 rings (SSSR count). The van der Waals surface area contributed by atoms with Crippen LogP contribution >= 0.6 is 0 Å². The van der Waals surface area contributed by atoms with Crippen LogP contribution in [0.4, 0.5) is 11.5 Å².